The third-order valence-corrected chi connectivity index (χ3v) is 11.5. The van der Waals surface area contributed by atoms with Gasteiger partial charge in [0.2, 0.25) is 0 Å². The second-order valence-electron chi connectivity index (χ2n) is 17.7. The van der Waals surface area contributed by atoms with Crippen LogP contribution in [0.15, 0.2) is 95.9 Å². The van der Waals surface area contributed by atoms with E-state index in [1.54, 1.807) is 126 Å². The largest absolute Gasteiger partial charge is 0.459 e. The molecule has 4 rings (SSSR count). The lowest BCUT2D eigenvalue weighted by Crippen LogP contribution is -2.62. The maximum atomic E-state index is 14.5. The summed E-state index contributed by atoms with van der Waals surface area (Å²) in [6.45, 7) is 16.1. The first-order chi connectivity index (χ1) is 31.3. The number of hydrogen-bond donors (Lipinski definition) is 0. The summed E-state index contributed by atoms with van der Waals surface area (Å²) in [7, 11) is 0. The van der Waals surface area contributed by atoms with Gasteiger partial charge in [0.1, 0.15) is 42.4 Å². The molecule has 0 radical (unpaired) electrons. The normalized spacial score (nSPS) is 18.5. The molecule has 3 aromatic carbocycles. The summed E-state index contributed by atoms with van der Waals surface area (Å²) >= 11 is 1.14. The van der Waals surface area contributed by atoms with Gasteiger partial charge in [-0.05, 0) is 104 Å². The minimum Gasteiger partial charge on any atom is -0.459 e. The molecule has 0 saturated carbocycles. The van der Waals surface area contributed by atoms with Crippen molar-refractivity contribution < 1.29 is 61.9 Å². The molecule has 66 heavy (non-hydrogen) atoms. The number of ether oxygens (including phenoxy) is 7. The van der Waals surface area contributed by atoms with Crippen LogP contribution in [-0.4, -0.2) is 119 Å². The van der Waals surface area contributed by atoms with Crippen LogP contribution < -0.4 is 0 Å². The van der Waals surface area contributed by atoms with E-state index in [9.17, 15) is 28.8 Å². The minimum absolute atomic E-state index is 0.168. The molecular formula is C50H66N2O13S. The molecule has 0 aliphatic carbocycles. The Morgan fingerprint density at radius 2 is 0.970 bits per heavy atom. The smallest absolute Gasteiger partial charge is 0.411 e. The predicted molar refractivity (Wildman–Crippen MR) is 248 cm³/mol. The fourth-order valence-electron chi connectivity index (χ4n) is 7.17. The summed E-state index contributed by atoms with van der Waals surface area (Å²) in [6.07, 6.45) is -5.69. The number of esters is 4. The summed E-state index contributed by atoms with van der Waals surface area (Å²) in [5.74, 6) is -3.42. The third-order valence-electron chi connectivity index (χ3n) is 10.4. The van der Waals surface area contributed by atoms with Crippen LogP contribution in [0.25, 0.3) is 0 Å². The van der Waals surface area contributed by atoms with Crippen LogP contribution in [0.1, 0.15) is 116 Å². The van der Waals surface area contributed by atoms with Crippen LogP contribution >= 0.6 is 11.8 Å². The summed E-state index contributed by atoms with van der Waals surface area (Å²) in [5, 5.41) is 0. The van der Waals surface area contributed by atoms with Crippen molar-refractivity contribution in [2.24, 2.45) is 0 Å². The first kappa shape index (κ1) is 53.0. The number of thioether (sulfide) groups is 1. The van der Waals surface area contributed by atoms with Gasteiger partial charge in [-0.1, -0.05) is 94.1 Å². The second-order valence-corrected chi connectivity index (χ2v) is 18.9. The molecule has 360 valence electrons. The van der Waals surface area contributed by atoms with Crippen molar-refractivity contribution in [2.75, 3.05) is 19.7 Å². The molecule has 1 aliphatic heterocycles. The number of benzene rings is 3. The molecular weight excluding hydrogens is 869 g/mol. The van der Waals surface area contributed by atoms with Gasteiger partial charge in [0, 0.05) is 17.0 Å². The van der Waals surface area contributed by atoms with Gasteiger partial charge in [0.25, 0.3) is 0 Å². The molecule has 1 heterocycles. The SMILES string of the molecule is CCC(CC)N(CC(=O)O[C@H]1[C@@H](OC(=O)CN(C(=O)OC(C)(C)C)C(CC)CC)[C@@H](COC(=O)c2ccccc2)O[C@@H](Sc2ccccc2)[C@@H]1OC(=O)c1ccccc1)C(=O)OC(C)(C)C. The Labute approximate surface area is 393 Å². The minimum atomic E-state index is -1.64. The summed E-state index contributed by atoms with van der Waals surface area (Å²) in [6, 6.07) is 24.5. The van der Waals surface area contributed by atoms with Crippen LogP contribution in [0.3, 0.4) is 0 Å². The summed E-state index contributed by atoms with van der Waals surface area (Å²) in [4.78, 5) is 86.9. The average molecular weight is 935 g/mol. The van der Waals surface area contributed by atoms with E-state index in [0.29, 0.717) is 30.6 Å². The van der Waals surface area contributed by atoms with Crippen molar-refractivity contribution in [3.05, 3.63) is 102 Å². The Bertz CT molecular complexity index is 2030. The molecule has 1 fully saturated rings. The van der Waals surface area contributed by atoms with Crippen LogP contribution in [0.5, 0.6) is 0 Å². The first-order valence-corrected chi connectivity index (χ1v) is 23.4. The van der Waals surface area contributed by atoms with Crippen molar-refractivity contribution >= 4 is 47.8 Å². The van der Waals surface area contributed by atoms with Gasteiger partial charge >= 0.3 is 36.1 Å². The van der Waals surface area contributed by atoms with E-state index in [0.717, 1.165) is 11.8 Å². The van der Waals surface area contributed by atoms with Crippen molar-refractivity contribution in [1.29, 1.82) is 0 Å². The van der Waals surface area contributed by atoms with Crippen LogP contribution in [0.2, 0.25) is 0 Å². The molecule has 2 amide bonds. The van der Waals surface area contributed by atoms with Crippen molar-refractivity contribution in [1.82, 2.24) is 9.80 Å². The Balaban J connectivity index is 1.87. The Kier molecular flexibility index (Phi) is 19.9. The highest BCUT2D eigenvalue weighted by molar-refractivity contribution is 7.99. The first-order valence-electron chi connectivity index (χ1n) is 22.5. The number of rotatable bonds is 19. The van der Waals surface area contributed by atoms with Gasteiger partial charge < -0.3 is 33.2 Å². The number of hydrogen-bond acceptors (Lipinski definition) is 14. The zero-order valence-electron chi connectivity index (χ0n) is 39.8. The monoisotopic (exact) mass is 934 g/mol. The molecule has 1 aliphatic rings. The maximum absolute atomic E-state index is 14.5. The van der Waals surface area contributed by atoms with Crippen molar-refractivity contribution in [2.45, 2.75) is 153 Å². The molecule has 5 atom stereocenters. The maximum Gasteiger partial charge on any atom is 0.411 e. The molecule has 1 saturated heterocycles. The van der Waals surface area contributed by atoms with Gasteiger partial charge in [-0.25, -0.2) is 19.2 Å². The van der Waals surface area contributed by atoms with E-state index >= 15 is 0 Å². The lowest BCUT2D eigenvalue weighted by molar-refractivity contribution is -0.231. The van der Waals surface area contributed by atoms with E-state index < -0.39 is 109 Å². The van der Waals surface area contributed by atoms with Gasteiger partial charge in [-0.2, -0.15) is 0 Å². The molecule has 0 spiro atoms. The topological polar surface area (TPSA) is 174 Å². The number of amides is 2. The summed E-state index contributed by atoms with van der Waals surface area (Å²) in [5.41, 5.74) is -2.55. The Hall–Kier alpha value is -5.61. The molecule has 16 heteroatoms. The van der Waals surface area contributed by atoms with E-state index in [1.807, 2.05) is 33.8 Å². The molecule has 0 unspecified atom stereocenters. The quantitative estimate of drug-likeness (QED) is 0.0822. The number of carbonyl (C=O) groups is 6. The van der Waals surface area contributed by atoms with Gasteiger partial charge in [0.05, 0.1) is 11.1 Å². The number of carbonyl (C=O) groups excluding carboxylic acids is 6. The number of nitrogens with zero attached hydrogens (tertiary/aromatic N) is 2. The lowest BCUT2D eigenvalue weighted by atomic mass is 9.99. The standard InChI is InChI=1S/C50H66N2O13S/c1-11-35(12-2)51(47(57)64-49(5,6)7)30-39(53)61-41-38(32-59-44(55)33-24-18-15-19-25-33)60-46(66-37-28-22-17-23-29-37)43(63-45(56)34-26-20-16-21-27-34)42(41)62-40(54)31-52(36(13-3)14-4)48(58)65-50(8,9)10/h15-29,35-36,38,41-43,46H,11-14,30-32H2,1-10H3/t38-,41+,42+,43-,46+/m1/s1. The molecule has 0 bridgehead atoms. The zero-order valence-corrected chi connectivity index (χ0v) is 40.6. The third kappa shape index (κ3) is 16.1. The highest BCUT2D eigenvalue weighted by Gasteiger charge is 2.54. The van der Waals surface area contributed by atoms with Gasteiger partial charge in [0.15, 0.2) is 18.3 Å². The Morgan fingerprint density at radius 1 is 0.561 bits per heavy atom. The fourth-order valence-corrected chi connectivity index (χ4v) is 8.29. The fraction of sp³-hybridized carbons (Fsp3) is 0.520. The van der Waals surface area contributed by atoms with E-state index in [1.165, 1.54) is 9.80 Å². The van der Waals surface area contributed by atoms with Crippen LogP contribution in [0.4, 0.5) is 9.59 Å². The average Bonchev–Trinajstić information content (AvgIpc) is 3.27. The van der Waals surface area contributed by atoms with E-state index in [4.69, 9.17) is 33.2 Å². The van der Waals surface area contributed by atoms with Gasteiger partial charge in [-0.3, -0.25) is 19.4 Å². The molecule has 15 nitrogen and oxygen atoms in total. The molecule has 0 aromatic heterocycles. The lowest BCUT2D eigenvalue weighted by Gasteiger charge is -2.45. The van der Waals surface area contributed by atoms with E-state index in [-0.39, 0.29) is 11.1 Å². The van der Waals surface area contributed by atoms with Gasteiger partial charge in [-0.15, -0.1) is 0 Å². The predicted octanol–water partition coefficient (Wildman–Crippen LogP) is 9.26. The highest BCUT2D eigenvalue weighted by atomic mass is 32.2. The zero-order chi connectivity index (χ0) is 48.6. The van der Waals surface area contributed by atoms with Crippen molar-refractivity contribution in [3.8, 4) is 0 Å². The second kappa shape index (κ2) is 24.8. The molecule has 3 aromatic rings. The Morgan fingerprint density at radius 3 is 1.39 bits per heavy atom. The highest BCUT2D eigenvalue weighted by Crippen LogP contribution is 2.38. The van der Waals surface area contributed by atoms with Crippen LogP contribution in [-0.2, 0) is 42.7 Å². The van der Waals surface area contributed by atoms with E-state index in [2.05, 4.69) is 0 Å². The van der Waals surface area contributed by atoms with Crippen LogP contribution in [0, 0.1) is 0 Å². The molecule has 0 N–H and O–H groups in total. The summed E-state index contributed by atoms with van der Waals surface area (Å²) < 4.78 is 42.7. The van der Waals surface area contributed by atoms with Crippen molar-refractivity contribution in [3.63, 3.8) is 0 Å².